The molecule has 0 aliphatic carbocycles. The monoisotopic (exact) mass is 267 g/mol. The Hall–Kier alpha value is -1.62. The van der Waals surface area contributed by atoms with E-state index >= 15 is 0 Å². The molecule has 1 heterocycles. The maximum Gasteiger partial charge on any atom is 0.260 e. The molecule has 5 heteroatoms. The Kier molecular flexibility index (Phi) is 4.74. The molecule has 1 fully saturated rings. The summed E-state index contributed by atoms with van der Waals surface area (Å²) in [6.45, 7) is 2.15. The summed E-state index contributed by atoms with van der Waals surface area (Å²) in [4.78, 5) is 13.7. The Morgan fingerprint density at radius 3 is 2.84 bits per heavy atom. The van der Waals surface area contributed by atoms with E-state index in [1.165, 1.54) is 24.3 Å². The molecule has 0 saturated carbocycles. The van der Waals surface area contributed by atoms with Crippen molar-refractivity contribution in [3.8, 4) is 5.75 Å². The van der Waals surface area contributed by atoms with Crippen molar-refractivity contribution in [1.29, 1.82) is 0 Å². The zero-order valence-electron chi connectivity index (χ0n) is 11.0. The zero-order valence-corrected chi connectivity index (χ0v) is 11.0. The van der Waals surface area contributed by atoms with Crippen LogP contribution in [-0.4, -0.2) is 44.2 Å². The fraction of sp³-hybridized carbons (Fsp3) is 0.500. The van der Waals surface area contributed by atoms with E-state index in [-0.39, 0.29) is 18.3 Å². The van der Waals surface area contributed by atoms with E-state index in [2.05, 4.69) is 0 Å². The molecule has 104 valence electrons. The van der Waals surface area contributed by atoms with Crippen molar-refractivity contribution in [2.24, 2.45) is 5.92 Å². The minimum absolute atomic E-state index is 0.00860. The number of benzene rings is 1. The first-order valence-corrected chi connectivity index (χ1v) is 6.34. The number of ether oxygens (including phenoxy) is 2. The zero-order chi connectivity index (χ0) is 13.7. The molecule has 4 nitrogen and oxygen atoms in total. The maximum atomic E-state index is 12.7. The summed E-state index contributed by atoms with van der Waals surface area (Å²) in [6, 6.07) is 5.65. The molecule has 0 radical (unpaired) electrons. The van der Waals surface area contributed by atoms with Gasteiger partial charge in [-0.1, -0.05) is 0 Å². The second kappa shape index (κ2) is 6.52. The van der Waals surface area contributed by atoms with E-state index in [1.54, 1.807) is 12.0 Å². The van der Waals surface area contributed by atoms with E-state index in [0.717, 1.165) is 19.5 Å². The van der Waals surface area contributed by atoms with Gasteiger partial charge in [0.25, 0.3) is 5.91 Å². The highest BCUT2D eigenvalue weighted by Crippen LogP contribution is 2.17. The van der Waals surface area contributed by atoms with Gasteiger partial charge in [-0.25, -0.2) is 4.39 Å². The van der Waals surface area contributed by atoms with Crippen LogP contribution >= 0.6 is 0 Å². The molecule has 2 rings (SSSR count). The van der Waals surface area contributed by atoms with Crippen molar-refractivity contribution in [3.05, 3.63) is 30.1 Å². The van der Waals surface area contributed by atoms with Crippen LogP contribution in [0.1, 0.15) is 6.42 Å². The van der Waals surface area contributed by atoms with Crippen molar-refractivity contribution in [2.75, 3.05) is 33.4 Å². The number of rotatable bonds is 5. The largest absolute Gasteiger partial charge is 0.484 e. The van der Waals surface area contributed by atoms with Crippen LogP contribution in [0.25, 0.3) is 0 Å². The lowest BCUT2D eigenvalue weighted by Crippen LogP contribution is -2.33. The summed E-state index contributed by atoms with van der Waals surface area (Å²) in [5.74, 6) is 0.561. The van der Waals surface area contributed by atoms with Crippen molar-refractivity contribution in [3.63, 3.8) is 0 Å². The van der Waals surface area contributed by atoms with Crippen LogP contribution in [0, 0.1) is 11.7 Å². The van der Waals surface area contributed by atoms with Crippen LogP contribution in [0.15, 0.2) is 24.3 Å². The number of amides is 1. The Balaban J connectivity index is 1.77. The number of likely N-dealkylation sites (tertiary alicyclic amines) is 1. The number of nitrogens with zero attached hydrogens (tertiary/aromatic N) is 1. The predicted octanol–water partition coefficient (Wildman–Crippen LogP) is 1.70. The van der Waals surface area contributed by atoms with Crippen LogP contribution < -0.4 is 4.74 Å². The molecule has 1 aromatic rings. The van der Waals surface area contributed by atoms with Crippen molar-refractivity contribution in [1.82, 2.24) is 4.90 Å². The lowest BCUT2D eigenvalue weighted by molar-refractivity contribution is -0.132. The SMILES string of the molecule is COC[C@@H]1CCN(C(=O)COc2ccc(F)cc2)C1. The second-order valence-electron chi connectivity index (χ2n) is 4.69. The Bertz CT molecular complexity index is 421. The van der Waals surface area contributed by atoms with Crippen LogP contribution in [-0.2, 0) is 9.53 Å². The van der Waals surface area contributed by atoms with Crippen LogP contribution in [0.4, 0.5) is 4.39 Å². The molecule has 1 saturated heterocycles. The molecule has 0 bridgehead atoms. The summed E-state index contributed by atoms with van der Waals surface area (Å²) in [7, 11) is 1.67. The fourth-order valence-electron chi connectivity index (χ4n) is 2.20. The van der Waals surface area contributed by atoms with Gasteiger partial charge in [0.15, 0.2) is 6.61 Å². The van der Waals surface area contributed by atoms with Crippen LogP contribution in [0.2, 0.25) is 0 Å². The first kappa shape index (κ1) is 13.8. The van der Waals surface area contributed by atoms with Gasteiger partial charge in [0.1, 0.15) is 11.6 Å². The smallest absolute Gasteiger partial charge is 0.260 e. The molecule has 0 N–H and O–H groups in total. The van der Waals surface area contributed by atoms with Crippen LogP contribution in [0.5, 0.6) is 5.75 Å². The van der Waals surface area contributed by atoms with Gasteiger partial charge in [-0.2, -0.15) is 0 Å². The van der Waals surface area contributed by atoms with Gasteiger partial charge in [-0.15, -0.1) is 0 Å². The summed E-state index contributed by atoms with van der Waals surface area (Å²) in [6.07, 6.45) is 0.968. The Labute approximate surface area is 112 Å². The Morgan fingerprint density at radius 2 is 2.16 bits per heavy atom. The Morgan fingerprint density at radius 1 is 1.42 bits per heavy atom. The van der Waals surface area contributed by atoms with Crippen LogP contribution in [0.3, 0.4) is 0 Å². The molecule has 1 aliphatic heterocycles. The number of hydrogen-bond donors (Lipinski definition) is 0. The number of carbonyl (C=O) groups excluding carboxylic acids is 1. The fourth-order valence-corrected chi connectivity index (χ4v) is 2.20. The number of hydrogen-bond acceptors (Lipinski definition) is 3. The van der Waals surface area contributed by atoms with E-state index in [9.17, 15) is 9.18 Å². The maximum absolute atomic E-state index is 12.7. The first-order valence-electron chi connectivity index (χ1n) is 6.34. The summed E-state index contributed by atoms with van der Waals surface area (Å²) in [5, 5.41) is 0. The minimum atomic E-state index is -0.319. The lowest BCUT2D eigenvalue weighted by atomic mass is 10.1. The lowest BCUT2D eigenvalue weighted by Gasteiger charge is -2.16. The predicted molar refractivity (Wildman–Crippen MR) is 68.5 cm³/mol. The first-order chi connectivity index (χ1) is 9.19. The van der Waals surface area contributed by atoms with Gasteiger partial charge < -0.3 is 14.4 Å². The molecule has 19 heavy (non-hydrogen) atoms. The van der Waals surface area contributed by atoms with E-state index < -0.39 is 0 Å². The molecular weight excluding hydrogens is 249 g/mol. The summed E-state index contributed by atoms with van der Waals surface area (Å²) >= 11 is 0. The number of halogens is 1. The average Bonchev–Trinajstić information content (AvgIpc) is 2.87. The third-order valence-electron chi connectivity index (χ3n) is 3.22. The molecule has 1 aliphatic rings. The molecule has 1 atom stereocenters. The number of methoxy groups -OCH3 is 1. The third kappa shape index (κ3) is 3.92. The third-order valence-corrected chi connectivity index (χ3v) is 3.22. The normalized spacial score (nSPS) is 18.6. The number of carbonyl (C=O) groups is 1. The molecule has 1 amide bonds. The average molecular weight is 267 g/mol. The van der Waals surface area contributed by atoms with Crippen molar-refractivity contribution < 1.29 is 18.7 Å². The van der Waals surface area contributed by atoms with E-state index in [0.29, 0.717) is 18.3 Å². The highest BCUT2D eigenvalue weighted by molar-refractivity contribution is 5.78. The van der Waals surface area contributed by atoms with Gasteiger partial charge in [-0.3, -0.25) is 4.79 Å². The van der Waals surface area contributed by atoms with Crippen molar-refractivity contribution >= 4 is 5.91 Å². The van der Waals surface area contributed by atoms with Gasteiger partial charge in [0.05, 0.1) is 6.61 Å². The van der Waals surface area contributed by atoms with E-state index in [1.807, 2.05) is 0 Å². The van der Waals surface area contributed by atoms with Gasteiger partial charge >= 0.3 is 0 Å². The van der Waals surface area contributed by atoms with Crippen molar-refractivity contribution in [2.45, 2.75) is 6.42 Å². The molecular formula is C14H18FNO3. The quantitative estimate of drug-likeness (QED) is 0.815. The highest BCUT2D eigenvalue weighted by Gasteiger charge is 2.26. The molecule has 1 aromatic carbocycles. The molecule has 0 spiro atoms. The molecule has 0 unspecified atom stereocenters. The minimum Gasteiger partial charge on any atom is -0.484 e. The van der Waals surface area contributed by atoms with E-state index in [4.69, 9.17) is 9.47 Å². The van der Waals surface area contributed by atoms with Gasteiger partial charge in [0.2, 0.25) is 0 Å². The topological polar surface area (TPSA) is 38.8 Å². The second-order valence-corrected chi connectivity index (χ2v) is 4.69. The van der Waals surface area contributed by atoms with Gasteiger partial charge in [0, 0.05) is 26.1 Å². The highest BCUT2D eigenvalue weighted by atomic mass is 19.1. The molecule has 0 aromatic heterocycles. The summed E-state index contributed by atoms with van der Waals surface area (Å²) < 4.78 is 23.1. The standard InChI is InChI=1S/C14H18FNO3/c1-18-9-11-6-7-16(8-11)14(17)10-19-13-4-2-12(15)3-5-13/h2-5,11H,6-10H2,1H3/t11-/m1/s1. The summed E-state index contributed by atoms with van der Waals surface area (Å²) in [5.41, 5.74) is 0. The van der Waals surface area contributed by atoms with Gasteiger partial charge in [-0.05, 0) is 30.7 Å².